The summed E-state index contributed by atoms with van der Waals surface area (Å²) in [6, 6.07) is 10.2. The lowest BCUT2D eigenvalue weighted by Gasteiger charge is -2.47. The van der Waals surface area contributed by atoms with Crippen molar-refractivity contribution in [1.29, 1.82) is 0 Å². The van der Waals surface area contributed by atoms with E-state index in [9.17, 15) is 9.59 Å². The molecule has 1 aromatic heterocycles. The van der Waals surface area contributed by atoms with Gasteiger partial charge in [-0.25, -0.2) is 4.98 Å². The molecule has 2 saturated heterocycles. The van der Waals surface area contributed by atoms with E-state index >= 15 is 0 Å². The van der Waals surface area contributed by atoms with E-state index in [-0.39, 0.29) is 17.2 Å². The number of hydrogen-bond donors (Lipinski definition) is 0. The number of likely N-dealkylation sites (tertiary alicyclic amines) is 2. The van der Waals surface area contributed by atoms with Crippen LogP contribution in [0.1, 0.15) is 43.5 Å². The van der Waals surface area contributed by atoms with Gasteiger partial charge in [0.2, 0.25) is 11.8 Å². The van der Waals surface area contributed by atoms with Gasteiger partial charge in [0.25, 0.3) is 0 Å². The normalized spacial score (nSPS) is 19.0. The van der Waals surface area contributed by atoms with Crippen LogP contribution >= 0.6 is 0 Å². The van der Waals surface area contributed by atoms with Crippen LogP contribution in [0, 0.1) is 12.3 Å². The SMILES string of the molecule is Cc1nccn1CCC(=O)N1CCC2(CCC(=O)N(Cc3ccccc3)C2)CC1. The molecule has 1 spiro atoms. The van der Waals surface area contributed by atoms with Crippen molar-refractivity contribution in [1.82, 2.24) is 19.4 Å². The minimum Gasteiger partial charge on any atom is -0.343 e. The van der Waals surface area contributed by atoms with Crippen LogP contribution in [0.25, 0.3) is 0 Å². The third kappa shape index (κ3) is 4.52. The second-order valence-corrected chi connectivity index (χ2v) is 8.53. The first-order valence-electron chi connectivity index (χ1n) is 10.6. The Kier molecular flexibility index (Phi) is 5.69. The molecule has 1 aromatic carbocycles. The highest BCUT2D eigenvalue weighted by Gasteiger charge is 2.41. The molecule has 2 amide bonds. The van der Waals surface area contributed by atoms with E-state index in [2.05, 4.69) is 17.1 Å². The van der Waals surface area contributed by atoms with E-state index in [4.69, 9.17) is 0 Å². The Morgan fingerprint density at radius 3 is 2.59 bits per heavy atom. The molecule has 29 heavy (non-hydrogen) atoms. The summed E-state index contributed by atoms with van der Waals surface area (Å²) in [6.07, 6.45) is 7.77. The third-order valence-corrected chi connectivity index (χ3v) is 6.63. The van der Waals surface area contributed by atoms with Gasteiger partial charge < -0.3 is 14.4 Å². The Hall–Kier alpha value is -2.63. The van der Waals surface area contributed by atoms with Gasteiger partial charge in [-0.1, -0.05) is 30.3 Å². The lowest BCUT2D eigenvalue weighted by atomic mass is 9.72. The van der Waals surface area contributed by atoms with Crippen LogP contribution in [0.15, 0.2) is 42.7 Å². The number of rotatable bonds is 5. The van der Waals surface area contributed by atoms with Crippen LogP contribution in [0.3, 0.4) is 0 Å². The summed E-state index contributed by atoms with van der Waals surface area (Å²) in [5, 5.41) is 0. The van der Waals surface area contributed by atoms with Gasteiger partial charge in [-0.15, -0.1) is 0 Å². The molecule has 0 saturated carbocycles. The van der Waals surface area contributed by atoms with E-state index in [1.807, 2.05) is 45.7 Å². The van der Waals surface area contributed by atoms with Crippen LogP contribution < -0.4 is 0 Å². The van der Waals surface area contributed by atoms with E-state index in [0.29, 0.717) is 25.9 Å². The first-order valence-corrected chi connectivity index (χ1v) is 10.6. The van der Waals surface area contributed by atoms with Gasteiger partial charge in [-0.05, 0) is 37.2 Å². The van der Waals surface area contributed by atoms with E-state index in [1.165, 1.54) is 5.56 Å². The number of benzene rings is 1. The number of hydrogen-bond acceptors (Lipinski definition) is 3. The topological polar surface area (TPSA) is 58.4 Å². The maximum Gasteiger partial charge on any atom is 0.224 e. The quantitative estimate of drug-likeness (QED) is 0.783. The molecule has 2 aromatic rings. The molecule has 2 aliphatic heterocycles. The van der Waals surface area contributed by atoms with Crippen LogP contribution in [-0.2, 0) is 22.7 Å². The summed E-state index contributed by atoms with van der Waals surface area (Å²) in [4.78, 5) is 33.4. The van der Waals surface area contributed by atoms with Crippen molar-refractivity contribution < 1.29 is 9.59 Å². The van der Waals surface area contributed by atoms with Crippen molar-refractivity contribution in [3.63, 3.8) is 0 Å². The number of imidazole rings is 1. The largest absolute Gasteiger partial charge is 0.343 e. The molecule has 3 heterocycles. The minimum absolute atomic E-state index is 0.167. The van der Waals surface area contributed by atoms with Crippen molar-refractivity contribution in [2.24, 2.45) is 5.41 Å². The van der Waals surface area contributed by atoms with Gasteiger partial charge >= 0.3 is 0 Å². The average Bonchev–Trinajstić information content (AvgIpc) is 3.15. The van der Waals surface area contributed by atoms with Crippen molar-refractivity contribution >= 4 is 11.8 Å². The molecule has 4 rings (SSSR count). The number of aryl methyl sites for hydroxylation is 2. The molecule has 0 unspecified atom stereocenters. The van der Waals surface area contributed by atoms with E-state index < -0.39 is 0 Å². The molecular formula is C23H30N4O2. The fraction of sp³-hybridized carbons (Fsp3) is 0.522. The van der Waals surface area contributed by atoms with Crippen molar-refractivity contribution in [2.75, 3.05) is 19.6 Å². The van der Waals surface area contributed by atoms with Gasteiger partial charge in [0.1, 0.15) is 5.82 Å². The molecule has 2 fully saturated rings. The summed E-state index contributed by atoms with van der Waals surface area (Å²) in [5.74, 6) is 1.43. The molecule has 2 aliphatic rings. The molecule has 0 aliphatic carbocycles. The van der Waals surface area contributed by atoms with Crippen molar-refractivity contribution in [3.8, 4) is 0 Å². The predicted molar refractivity (Wildman–Crippen MR) is 111 cm³/mol. The van der Waals surface area contributed by atoms with Crippen molar-refractivity contribution in [2.45, 2.75) is 52.1 Å². The van der Waals surface area contributed by atoms with Gasteiger partial charge in [-0.3, -0.25) is 9.59 Å². The van der Waals surface area contributed by atoms with Gasteiger partial charge in [0.05, 0.1) is 0 Å². The zero-order valence-corrected chi connectivity index (χ0v) is 17.2. The number of nitrogens with zero attached hydrogens (tertiary/aromatic N) is 4. The number of aromatic nitrogens is 2. The maximum absolute atomic E-state index is 12.7. The monoisotopic (exact) mass is 394 g/mol. The molecule has 0 radical (unpaired) electrons. The van der Waals surface area contributed by atoms with Crippen LogP contribution in [-0.4, -0.2) is 50.8 Å². The minimum atomic E-state index is 0.167. The maximum atomic E-state index is 12.7. The smallest absolute Gasteiger partial charge is 0.224 e. The lowest BCUT2D eigenvalue weighted by Crippen LogP contribution is -2.52. The summed E-state index contributed by atoms with van der Waals surface area (Å²) >= 11 is 0. The fourth-order valence-electron chi connectivity index (χ4n) is 4.70. The molecule has 0 N–H and O–H groups in total. The van der Waals surface area contributed by atoms with Crippen molar-refractivity contribution in [3.05, 3.63) is 54.1 Å². The summed E-state index contributed by atoms with van der Waals surface area (Å²) in [6.45, 7) is 5.75. The average molecular weight is 395 g/mol. The van der Waals surface area contributed by atoms with Crippen LogP contribution in [0.5, 0.6) is 0 Å². The summed E-state index contributed by atoms with van der Waals surface area (Å²) in [7, 11) is 0. The first-order chi connectivity index (χ1) is 14.0. The number of piperidine rings is 2. The highest BCUT2D eigenvalue weighted by molar-refractivity contribution is 5.77. The second-order valence-electron chi connectivity index (χ2n) is 8.53. The number of carbonyl (C=O) groups is 2. The van der Waals surface area contributed by atoms with Gasteiger partial charge in [0, 0.05) is 58.0 Å². The molecular weight excluding hydrogens is 364 g/mol. The standard InChI is InChI=1S/C23H30N4O2/c1-19-24-12-16-25(19)13-8-22(29)26-14-10-23(11-15-26)9-7-21(28)27(18-23)17-20-5-3-2-4-6-20/h2-6,12,16H,7-11,13-15,17-18H2,1H3. The Labute approximate surface area is 172 Å². The second kappa shape index (κ2) is 8.39. The van der Waals surface area contributed by atoms with E-state index in [0.717, 1.165) is 44.7 Å². The first kappa shape index (κ1) is 19.7. The highest BCUT2D eigenvalue weighted by atomic mass is 16.2. The van der Waals surface area contributed by atoms with Gasteiger partial charge in [0.15, 0.2) is 0 Å². The fourth-order valence-corrected chi connectivity index (χ4v) is 4.70. The Balaban J connectivity index is 1.31. The highest BCUT2D eigenvalue weighted by Crippen LogP contribution is 2.40. The zero-order chi connectivity index (χ0) is 20.3. The Morgan fingerprint density at radius 1 is 1.14 bits per heavy atom. The van der Waals surface area contributed by atoms with Crippen LogP contribution in [0.2, 0.25) is 0 Å². The Morgan fingerprint density at radius 2 is 1.90 bits per heavy atom. The molecule has 154 valence electrons. The number of amides is 2. The Bertz CT molecular complexity index is 853. The van der Waals surface area contributed by atoms with E-state index in [1.54, 1.807) is 6.20 Å². The lowest BCUT2D eigenvalue weighted by molar-refractivity contribution is -0.143. The summed E-state index contributed by atoms with van der Waals surface area (Å²) in [5.41, 5.74) is 1.35. The van der Waals surface area contributed by atoms with Gasteiger partial charge in [-0.2, -0.15) is 0 Å². The predicted octanol–water partition coefficient (Wildman–Crippen LogP) is 3.01. The molecule has 0 atom stereocenters. The molecule has 6 nitrogen and oxygen atoms in total. The van der Waals surface area contributed by atoms with Crippen LogP contribution in [0.4, 0.5) is 0 Å². The summed E-state index contributed by atoms with van der Waals surface area (Å²) < 4.78 is 2.03. The third-order valence-electron chi connectivity index (χ3n) is 6.63. The molecule has 0 bridgehead atoms. The zero-order valence-electron chi connectivity index (χ0n) is 17.2. The number of carbonyl (C=O) groups excluding carboxylic acids is 2. The molecule has 6 heteroatoms.